The number of carbonyl (C=O) groups is 1. The summed E-state index contributed by atoms with van der Waals surface area (Å²) in [6.45, 7) is 4.99. The van der Waals surface area contributed by atoms with Crippen LogP contribution in [0.1, 0.15) is 6.92 Å². The largest absolute Gasteiger partial charge is 0.432 e. The topological polar surface area (TPSA) is 111 Å². The molecule has 1 rings (SSSR count). The minimum atomic E-state index is -4.27. The maximum atomic E-state index is 11.6. The van der Waals surface area contributed by atoms with E-state index in [0.717, 1.165) is 12.1 Å². The van der Waals surface area contributed by atoms with E-state index < -0.39 is 26.0 Å². The van der Waals surface area contributed by atoms with Crippen molar-refractivity contribution in [2.45, 2.75) is 11.8 Å². The molecular formula is C11H13N2O5S2-. The van der Waals surface area contributed by atoms with Crippen molar-refractivity contribution in [3.63, 3.8) is 0 Å². The first-order valence-electron chi connectivity index (χ1n) is 5.27. The summed E-state index contributed by atoms with van der Waals surface area (Å²) in [7, 11) is -8.29. The van der Waals surface area contributed by atoms with Gasteiger partial charge in [0.15, 0.2) is 0 Å². The molecule has 0 radical (unpaired) electrons. The Hall–Kier alpha value is -1.71. The average Bonchev–Trinajstić information content (AvgIpc) is 2.26. The molecule has 110 valence electrons. The first-order chi connectivity index (χ1) is 9.01. The third-order valence-electron chi connectivity index (χ3n) is 2.03. The fourth-order valence-corrected chi connectivity index (χ4v) is 3.42. The van der Waals surface area contributed by atoms with Crippen molar-refractivity contribution >= 4 is 31.6 Å². The van der Waals surface area contributed by atoms with E-state index in [0.29, 0.717) is 17.5 Å². The third kappa shape index (κ3) is 4.76. The lowest BCUT2D eigenvalue weighted by molar-refractivity contribution is -0.112. The van der Waals surface area contributed by atoms with Gasteiger partial charge in [-0.25, -0.2) is 16.8 Å². The molecule has 0 aromatic heterocycles. The van der Waals surface area contributed by atoms with Crippen LogP contribution in [0.3, 0.4) is 0 Å². The lowest BCUT2D eigenvalue weighted by atomic mass is 10.3. The molecule has 1 N–H and O–H groups in total. The summed E-state index contributed by atoms with van der Waals surface area (Å²) in [5, 5.41) is 2.49. The molecule has 0 saturated carbocycles. The van der Waals surface area contributed by atoms with Gasteiger partial charge in [-0.3, -0.25) is 4.79 Å². The van der Waals surface area contributed by atoms with E-state index in [4.69, 9.17) is 0 Å². The van der Waals surface area contributed by atoms with Gasteiger partial charge in [-0.2, -0.15) is 0 Å². The minimum Gasteiger partial charge on any atom is -0.432 e. The van der Waals surface area contributed by atoms with Crippen LogP contribution in [0, 0.1) is 0 Å². The second-order valence-corrected chi connectivity index (χ2v) is 7.53. The Morgan fingerprint density at radius 2 is 1.65 bits per heavy atom. The van der Waals surface area contributed by atoms with Gasteiger partial charge in [0.05, 0.1) is 10.0 Å². The van der Waals surface area contributed by atoms with Crippen LogP contribution >= 0.6 is 0 Å². The highest BCUT2D eigenvalue weighted by Crippen LogP contribution is 2.21. The van der Waals surface area contributed by atoms with Gasteiger partial charge < -0.3 is 9.44 Å². The van der Waals surface area contributed by atoms with Crippen LogP contribution < -0.4 is 5.32 Å². The number of rotatable bonds is 5. The Kier molecular flexibility index (Phi) is 4.69. The van der Waals surface area contributed by atoms with Crippen LogP contribution in [0.15, 0.2) is 41.3 Å². The summed E-state index contributed by atoms with van der Waals surface area (Å²) in [6, 6.07) is 4.95. The molecule has 0 aliphatic heterocycles. The van der Waals surface area contributed by atoms with E-state index >= 15 is 0 Å². The number of nitrogens with zero attached hydrogens (tertiary/aromatic N) is 1. The van der Waals surface area contributed by atoms with Crippen LogP contribution in [-0.4, -0.2) is 29.0 Å². The second-order valence-electron chi connectivity index (χ2n) is 4.04. The van der Waals surface area contributed by atoms with Crippen molar-refractivity contribution in [2.75, 3.05) is 11.6 Å². The lowest BCUT2D eigenvalue weighted by Gasteiger charge is -2.17. The molecule has 7 nitrogen and oxygen atoms in total. The SMILES string of the molecule is C=C(C)C(=O)Nc1ccc(S(=O)(=O)[N-]S(C)(=O)=O)cc1. The average molecular weight is 317 g/mol. The zero-order valence-corrected chi connectivity index (χ0v) is 12.5. The first-order valence-corrected chi connectivity index (χ1v) is 8.56. The molecule has 1 aromatic carbocycles. The summed E-state index contributed by atoms with van der Waals surface area (Å²) in [4.78, 5) is 11.1. The van der Waals surface area contributed by atoms with Gasteiger partial charge in [0.25, 0.3) is 5.91 Å². The van der Waals surface area contributed by atoms with Crippen LogP contribution in [-0.2, 0) is 24.8 Å². The van der Waals surface area contributed by atoms with Gasteiger partial charge in [0.1, 0.15) is 10.0 Å². The molecule has 9 heteroatoms. The number of benzene rings is 1. The Morgan fingerprint density at radius 1 is 1.15 bits per heavy atom. The molecule has 0 aliphatic carbocycles. The first kappa shape index (κ1) is 16.3. The van der Waals surface area contributed by atoms with Crippen LogP contribution in [0.25, 0.3) is 4.13 Å². The highest BCUT2D eigenvalue weighted by atomic mass is 32.3. The molecular weight excluding hydrogens is 304 g/mol. The summed E-state index contributed by atoms with van der Waals surface area (Å²) in [6.07, 6.45) is 0.687. The Labute approximate surface area is 117 Å². The van der Waals surface area contributed by atoms with Gasteiger partial charge in [0.2, 0.25) is 0 Å². The smallest absolute Gasteiger partial charge is 0.250 e. The number of carbonyl (C=O) groups excluding carboxylic acids is 1. The quantitative estimate of drug-likeness (QED) is 0.821. The Bertz CT molecular complexity index is 734. The molecule has 0 aliphatic rings. The third-order valence-corrected chi connectivity index (χ3v) is 4.77. The fraction of sp³-hybridized carbons (Fsp3) is 0.182. The second kappa shape index (κ2) is 5.73. The Morgan fingerprint density at radius 3 is 2.05 bits per heavy atom. The molecule has 0 heterocycles. The predicted octanol–water partition coefficient (Wildman–Crippen LogP) is 1.22. The highest BCUT2D eigenvalue weighted by Gasteiger charge is 2.09. The summed E-state index contributed by atoms with van der Waals surface area (Å²) in [5.41, 5.74) is 0.657. The van der Waals surface area contributed by atoms with Gasteiger partial charge in [0, 0.05) is 22.4 Å². The normalized spacial score (nSPS) is 11.9. The standard InChI is InChI=1S/C11H13N2O5S2/c1-8(2)11(14)12-9-4-6-10(7-5-9)20(17,18)13-19(3,15)16/h4-7H,1H2,2-3H3,(H,12,14)/q-1. The van der Waals surface area contributed by atoms with Gasteiger partial charge in [-0.1, -0.05) is 6.58 Å². The Balaban J connectivity index is 2.97. The van der Waals surface area contributed by atoms with Gasteiger partial charge in [-0.05, 0) is 31.2 Å². The zero-order chi connectivity index (χ0) is 15.6. The van der Waals surface area contributed by atoms with Crippen molar-refractivity contribution in [2.24, 2.45) is 0 Å². The molecule has 0 unspecified atom stereocenters. The molecule has 0 fully saturated rings. The molecule has 1 amide bonds. The number of nitrogens with one attached hydrogen (secondary N) is 1. The van der Waals surface area contributed by atoms with Crippen LogP contribution in [0.5, 0.6) is 0 Å². The van der Waals surface area contributed by atoms with E-state index in [-0.39, 0.29) is 4.90 Å². The number of amides is 1. The van der Waals surface area contributed by atoms with Crippen molar-refractivity contribution < 1.29 is 21.6 Å². The maximum Gasteiger partial charge on any atom is 0.250 e. The maximum absolute atomic E-state index is 11.6. The van der Waals surface area contributed by atoms with E-state index in [1.165, 1.54) is 19.1 Å². The molecule has 0 spiro atoms. The van der Waals surface area contributed by atoms with Crippen LogP contribution in [0.4, 0.5) is 5.69 Å². The summed E-state index contributed by atoms with van der Waals surface area (Å²) < 4.78 is 47.8. The molecule has 0 atom stereocenters. The molecule has 20 heavy (non-hydrogen) atoms. The molecule has 0 saturated heterocycles. The van der Waals surface area contributed by atoms with Gasteiger partial charge >= 0.3 is 0 Å². The van der Waals surface area contributed by atoms with Crippen LogP contribution in [0.2, 0.25) is 0 Å². The van der Waals surface area contributed by atoms with Gasteiger partial charge in [-0.15, -0.1) is 0 Å². The molecule has 1 aromatic rings. The minimum absolute atomic E-state index is 0.281. The lowest BCUT2D eigenvalue weighted by Crippen LogP contribution is -2.12. The number of hydrogen-bond acceptors (Lipinski definition) is 5. The van der Waals surface area contributed by atoms with Crippen molar-refractivity contribution in [3.05, 3.63) is 40.5 Å². The van der Waals surface area contributed by atoms with E-state index in [1.807, 2.05) is 0 Å². The van der Waals surface area contributed by atoms with E-state index in [1.54, 1.807) is 0 Å². The van der Waals surface area contributed by atoms with E-state index in [2.05, 4.69) is 16.0 Å². The monoisotopic (exact) mass is 317 g/mol. The highest BCUT2D eigenvalue weighted by molar-refractivity contribution is 8.11. The van der Waals surface area contributed by atoms with Crippen molar-refractivity contribution in [1.29, 1.82) is 0 Å². The van der Waals surface area contributed by atoms with Crippen molar-refractivity contribution in [1.82, 2.24) is 0 Å². The zero-order valence-electron chi connectivity index (χ0n) is 10.8. The predicted molar refractivity (Wildman–Crippen MR) is 75.3 cm³/mol. The molecule has 0 bridgehead atoms. The van der Waals surface area contributed by atoms with E-state index in [9.17, 15) is 21.6 Å². The van der Waals surface area contributed by atoms with Crippen molar-refractivity contribution in [3.8, 4) is 0 Å². The number of hydrogen-bond donors (Lipinski definition) is 1. The summed E-state index contributed by atoms with van der Waals surface area (Å²) >= 11 is 0. The number of anilines is 1. The summed E-state index contributed by atoms with van der Waals surface area (Å²) in [5.74, 6) is -0.401. The fourth-order valence-electron chi connectivity index (χ4n) is 1.17. The number of sulfonamides is 2.